The molecule has 2 unspecified atom stereocenters. The molecular weight excluding hydrogens is 386 g/mol. The Hall–Kier alpha value is -0.710. The van der Waals surface area contributed by atoms with Gasteiger partial charge in [-0.25, -0.2) is 9.28 Å². The monoisotopic (exact) mass is 440 g/mol. The largest absolute Gasteiger partial charge is 0.345 e. The van der Waals surface area contributed by atoms with Crippen molar-refractivity contribution in [3.63, 3.8) is 0 Å². The minimum atomic E-state index is -0.886. The molecule has 0 radical (unpaired) electrons. The van der Waals surface area contributed by atoms with Gasteiger partial charge in [-0.2, -0.15) is 0 Å². The normalized spacial score (nSPS) is 15.8. The number of quaternary nitrogens is 1. The number of amides is 1. The van der Waals surface area contributed by atoms with E-state index < -0.39 is 12.5 Å². The molecule has 0 bridgehead atoms. The van der Waals surface area contributed by atoms with Gasteiger partial charge in [-0.3, -0.25) is 0 Å². The lowest BCUT2D eigenvalue weighted by molar-refractivity contribution is -0.924. The molecule has 0 spiro atoms. The molecule has 0 aliphatic rings. The van der Waals surface area contributed by atoms with E-state index in [2.05, 4.69) is 19.1 Å². The van der Waals surface area contributed by atoms with E-state index in [1.807, 2.05) is 0 Å². The number of nitrogens with zero attached hydrogens (tertiary/aromatic N) is 1. The summed E-state index contributed by atoms with van der Waals surface area (Å²) >= 11 is 0. The van der Waals surface area contributed by atoms with Gasteiger partial charge in [0.05, 0.1) is 13.5 Å². The van der Waals surface area contributed by atoms with Crippen LogP contribution in [0, 0.1) is 0 Å². The van der Waals surface area contributed by atoms with Crippen molar-refractivity contribution in [3.8, 4) is 0 Å². The second-order valence-corrected chi connectivity index (χ2v) is 9.55. The van der Waals surface area contributed by atoms with Gasteiger partial charge in [-0.15, -0.1) is 0 Å². The highest BCUT2D eigenvalue weighted by atomic mass is 16.3. The van der Waals surface area contributed by atoms with E-state index in [0.29, 0.717) is 6.42 Å². The number of carbonyl (C=O) groups excluding carboxylic acids is 1. The molecule has 184 valence electrons. The molecule has 4 heteroatoms. The second-order valence-electron chi connectivity index (χ2n) is 9.55. The Bertz CT molecular complexity index is 438. The molecule has 4 nitrogen and oxygen atoms in total. The second kappa shape index (κ2) is 19.9. The smallest absolute Gasteiger partial charge is 0.317 e. The Morgan fingerprint density at radius 1 is 0.677 bits per heavy atom. The first-order chi connectivity index (χ1) is 14.9. The fourth-order valence-electron chi connectivity index (χ4n) is 4.02. The average Bonchev–Trinajstić information content (AvgIpc) is 2.74. The van der Waals surface area contributed by atoms with Crippen molar-refractivity contribution >= 4 is 5.91 Å². The maximum atomic E-state index is 12.4. The molecule has 2 atom stereocenters. The number of allylic oxidation sites excluding steroid dienone is 2. The molecule has 0 aromatic heterocycles. The van der Waals surface area contributed by atoms with Crippen LogP contribution in [-0.4, -0.2) is 40.1 Å². The van der Waals surface area contributed by atoms with Crippen molar-refractivity contribution in [2.45, 2.75) is 149 Å². The highest BCUT2D eigenvalue weighted by Gasteiger charge is 2.40. The molecule has 0 fully saturated rings. The Labute approximate surface area is 193 Å². The number of rotatable bonds is 21. The van der Waals surface area contributed by atoms with Crippen LogP contribution in [-0.2, 0) is 4.79 Å². The van der Waals surface area contributed by atoms with Gasteiger partial charge in [-0.05, 0) is 32.1 Å². The van der Waals surface area contributed by atoms with Crippen LogP contribution in [0.15, 0.2) is 12.2 Å². The third-order valence-corrected chi connectivity index (χ3v) is 6.74. The predicted molar refractivity (Wildman–Crippen MR) is 132 cm³/mol. The van der Waals surface area contributed by atoms with Crippen LogP contribution in [0.3, 0.4) is 0 Å². The Balaban J connectivity index is 3.45. The first kappa shape index (κ1) is 30.3. The number of hydrogen-bond acceptors (Lipinski definition) is 3. The molecule has 31 heavy (non-hydrogen) atoms. The predicted octanol–water partition coefficient (Wildman–Crippen LogP) is 7.23. The lowest BCUT2D eigenvalue weighted by atomic mass is 10.0. The Kier molecular flexibility index (Phi) is 19.5. The first-order valence-corrected chi connectivity index (χ1v) is 13.3. The molecule has 2 N–H and O–H groups in total. The van der Waals surface area contributed by atoms with E-state index in [1.54, 1.807) is 20.9 Å². The highest BCUT2D eigenvalue weighted by Crippen LogP contribution is 2.18. The molecule has 0 rings (SSSR count). The lowest BCUT2D eigenvalue weighted by Crippen LogP contribution is -2.60. The molecule has 0 aromatic rings. The summed E-state index contributed by atoms with van der Waals surface area (Å²) in [7, 11) is 1.61. The fraction of sp³-hybridized carbons (Fsp3) is 0.889. The minimum Gasteiger partial charge on any atom is -0.345 e. The number of unbranched alkanes of at least 4 members (excludes halogenated alkanes) is 15. The van der Waals surface area contributed by atoms with E-state index in [4.69, 9.17) is 0 Å². The summed E-state index contributed by atoms with van der Waals surface area (Å²) < 4.78 is -0.311. The van der Waals surface area contributed by atoms with E-state index in [-0.39, 0.29) is 10.4 Å². The maximum absolute atomic E-state index is 12.4. The number of aliphatic hydroxyl groups is 2. The van der Waals surface area contributed by atoms with Crippen molar-refractivity contribution < 1.29 is 19.5 Å². The van der Waals surface area contributed by atoms with Gasteiger partial charge in [0.25, 0.3) is 0 Å². The molecule has 0 aliphatic carbocycles. The summed E-state index contributed by atoms with van der Waals surface area (Å²) in [4.78, 5) is 12.4. The number of hydrogen-bond donors (Lipinski definition) is 2. The quantitative estimate of drug-likeness (QED) is 0.0856. The van der Waals surface area contributed by atoms with Gasteiger partial charge in [0.2, 0.25) is 0 Å². The standard InChI is InChI=1S/C27H54NO3/c1-5-6-7-8-9-10-11-12-13-14-15-16-17-18-19-20-21-22-23-24-27(31)28(4,25(2)29)26(3)30/h12-13,25-26,29-30H,5-11,14-24H2,1-4H3/q+1. The van der Waals surface area contributed by atoms with Crippen LogP contribution in [0.4, 0.5) is 0 Å². The zero-order valence-electron chi connectivity index (χ0n) is 21.3. The third kappa shape index (κ3) is 14.9. The van der Waals surface area contributed by atoms with Crippen LogP contribution in [0.2, 0.25) is 0 Å². The van der Waals surface area contributed by atoms with Crippen LogP contribution in [0.25, 0.3) is 0 Å². The summed E-state index contributed by atoms with van der Waals surface area (Å²) in [5.74, 6) is -0.0778. The molecule has 0 saturated heterocycles. The zero-order valence-corrected chi connectivity index (χ0v) is 21.3. The van der Waals surface area contributed by atoms with Crippen molar-refractivity contribution in [1.82, 2.24) is 0 Å². The van der Waals surface area contributed by atoms with Gasteiger partial charge >= 0.3 is 5.91 Å². The van der Waals surface area contributed by atoms with Crippen molar-refractivity contribution in [2.24, 2.45) is 0 Å². The average molecular weight is 441 g/mol. The molecule has 0 aromatic carbocycles. The van der Waals surface area contributed by atoms with Gasteiger partial charge in [-0.1, -0.05) is 96.1 Å². The van der Waals surface area contributed by atoms with Crippen LogP contribution < -0.4 is 0 Å². The molecule has 0 aliphatic heterocycles. The summed E-state index contributed by atoms with van der Waals surface area (Å²) in [5, 5.41) is 19.7. The van der Waals surface area contributed by atoms with Gasteiger partial charge in [0, 0.05) is 13.8 Å². The SMILES string of the molecule is CCCCCCCCC=CCCCCCCCCCCCC(=O)[N+](C)(C(C)O)C(C)O. The Morgan fingerprint density at radius 3 is 1.42 bits per heavy atom. The van der Waals surface area contributed by atoms with Gasteiger partial charge in [0.15, 0.2) is 12.5 Å². The molecule has 0 saturated carbocycles. The maximum Gasteiger partial charge on any atom is 0.317 e. The van der Waals surface area contributed by atoms with E-state index in [1.165, 1.54) is 96.3 Å². The van der Waals surface area contributed by atoms with E-state index in [9.17, 15) is 15.0 Å². The number of aliphatic hydroxyl groups excluding tert-OH is 2. The summed E-state index contributed by atoms with van der Waals surface area (Å²) in [6, 6.07) is 0. The van der Waals surface area contributed by atoms with E-state index in [0.717, 1.165) is 12.8 Å². The van der Waals surface area contributed by atoms with Gasteiger partial charge in [0.1, 0.15) is 0 Å². The number of carbonyl (C=O) groups is 1. The van der Waals surface area contributed by atoms with Crippen molar-refractivity contribution in [1.29, 1.82) is 0 Å². The summed E-state index contributed by atoms with van der Waals surface area (Å²) in [5.41, 5.74) is 0. The lowest BCUT2D eigenvalue weighted by Gasteiger charge is -2.36. The summed E-state index contributed by atoms with van der Waals surface area (Å²) in [6.07, 6.45) is 25.1. The van der Waals surface area contributed by atoms with E-state index >= 15 is 0 Å². The van der Waals surface area contributed by atoms with Gasteiger partial charge < -0.3 is 10.2 Å². The first-order valence-electron chi connectivity index (χ1n) is 13.3. The third-order valence-electron chi connectivity index (χ3n) is 6.74. The Morgan fingerprint density at radius 2 is 1.03 bits per heavy atom. The van der Waals surface area contributed by atoms with Crippen LogP contribution >= 0.6 is 0 Å². The van der Waals surface area contributed by atoms with Crippen molar-refractivity contribution in [3.05, 3.63) is 12.2 Å². The zero-order chi connectivity index (χ0) is 23.4. The molecule has 1 amide bonds. The highest BCUT2D eigenvalue weighted by molar-refractivity contribution is 5.69. The summed E-state index contributed by atoms with van der Waals surface area (Å²) in [6.45, 7) is 5.40. The van der Waals surface area contributed by atoms with Crippen molar-refractivity contribution in [2.75, 3.05) is 7.05 Å². The molecule has 0 heterocycles. The fourth-order valence-corrected chi connectivity index (χ4v) is 4.02. The minimum absolute atomic E-state index is 0.0778. The topological polar surface area (TPSA) is 57.5 Å². The van der Waals surface area contributed by atoms with Crippen LogP contribution in [0.5, 0.6) is 0 Å². The molecular formula is C27H54NO3+. The van der Waals surface area contributed by atoms with Crippen LogP contribution in [0.1, 0.15) is 136 Å².